The molecule has 0 amide bonds. The first-order valence-corrected chi connectivity index (χ1v) is 8.63. The van der Waals surface area contributed by atoms with Crippen molar-refractivity contribution in [3.8, 4) is 5.75 Å². The topological polar surface area (TPSA) is 66.5 Å². The van der Waals surface area contributed by atoms with Gasteiger partial charge in [-0.3, -0.25) is 4.79 Å². The van der Waals surface area contributed by atoms with Crippen molar-refractivity contribution in [3.05, 3.63) is 40.7 Å². The van der Waals surface area contributed by atoms with E-state index in [9.17, 15) is 4.79 Å². The monoisotopic (exact) mass is 328 g/mol. The van der Waals surface area contributed by atoms with Gasteiger partial charge in [-0.05, 0) is 44.2 Å². The fourth-order valence-electron chi connectivity index (χ4n) is 4.04. The number of methoxy groups -OCH3 is 1. The van der Waals surface area contributed by atoms with Crippen molar-refractivity contribution in [2.45, 2.75) is 49.8 Å². The number of aromatic nitrogens is 1. The van der Waals surface area contributed by atoms with Crippen LogP contribution in [0, 0.1) is 0 Å². The van der Waals surface area contributed by atoms with Crippen LogP contribution in [0.4, 0.5) is 0 Å². The molecular formula is C19H24N2O3. The molecule has 5 heteroatoms. The van der Waals surface area contributed by atoms with Gasteiger partial charge in [0.1, 0.15) is 5.75 Å². The average molecular weight is 328 g/mol. The summed E-state index contributed by atoms with van der Waals surface area (Å²) >= 11 is 0. The minimum absolute atomic E-state index is 0.0431. The van der Waals surface area contributed by atoms with Crippen LogP contribution >= 0.6 is 0 Å². The standard InChI is InChI=1S/C19H24N2O3/c1-23-14-2-3-15-16(12-14)21(10-4-17(15)22)11-9-19-7-5-18(20,6-8-19)13-24-19/h2-4,10,12H,5-9,11,13,20H2,1H3. The number of benzene rings is 1. The molecule has 2 saturated heterocycles. The molecule has 0 spiro atoms. The molecule has 0 unspecified atom stereocenters. The van der Waals surface area contributed by atoms with Gasteiger partial charge in [-0.2, -0.15) is 0 Å². The maximum Gasteiger partial charge on any atom is 0.189 e. The van der Waals surface area contributed by atoms with Gasteiger partial charge in [-0.15, -0.1) is 0 Å². The van der Waals surface area contributed by atoms with Gasteiger partial charge in [0, 0.05) is 35.8 Å². The van der Waals surface area contributed by atoms with E-state index in [2.05, 4.69) is 4.57 Å². The van der Waals surface area contributed by atoms with Gasteiger partial charge in [-0.1, -0.05) is 0 Å². The highest BCUT2D eigenvalue weighted by Gasteiger charge is 2.47. The fourth-order valence-corrected chi connectivity index (χ4v) is 4.04. The molecule has 3 aliphatic rings. The SMILES string of the molecule is COc1ccc2c(=O)ccn(CCC34CCC(N)(CC3)CO4)c2c1. The molecule has 1 aromatic carbocycles. The minimum Gasteiger partial charge on any atom is -0.497 e. The number of nitrogens with zero attached hydrogens (tertiary/aromatic N) is 1. The highest BCUT2D eigenvalue weighted by Crippen LogP contribution is 2.44. The Morgan fingerprint density at radius 1 is 1.25 bits per heavy atom. The quantitative estimate of drug-likeness (QED) is 0.936. The van der Waals surface area contributed by atoms with Crippen molar-refractivity contribution in [2.75, 3.05) is 13.7 Å². The van der Waals surface area contributed by atoms with Crippen LogP contribution in [-0.2, 0) is 11.3 Å². The maximum atomic E-state index is 12.1. The summed E-state index contributed by atoms with van der Waals surface area (Å²) in [5.74, 6) is 0.763. The molecular weight excluding hydrogens is 304 g/mol. The summed E-state index contributed by atoms with van der Waals surface area (Å²) in [4.78, 5) is 12.1. The molecule has 5 rings (SSSR count). The summed E-state index contributed by atoms with van der Waals surface area (Å²) in [7, 11) is 1.64. The number of rotatable bonds is 4. The number of aryl methyl sites for hydroxylation is 1. The third-order valence-electron chi connectivity index (χ3n) is 5.82. The first-order chi connectivity index (χ1) is 11.5. The molecule has 0 atom stereocenters. The lowest BCUT2D eigenvalue weighted by molar-refractivity contribution is -0.157. The van der Waals surface area contributed by atoms with Crippen molar-refractivity contribution < 1.29 is 9.47 Å². The smallest absolute Gasteiger partial charge is 0.189 e. The van der Waals surface area contributed by atoms with Gasteiger partial charge >= 0.3 is 0 Å². The molecule has 2 aliphatic heterocycles. The number of nitrogens with two attached hydrogens (primary N) is 1. The Bertz CT molecular complexity index is 802. The molecule has 0 radical (unpaired) electrons. The normalized spacial score (nSPS) is 29.1. The minimum atomic E-state index is -0.0981. The van der Waals surface area contributed by atoms with E-state index in [1.165, 1.54) is 0 Å². The van der Waals surface area contributed by atoms with E-state index in [0.717, 1.165) is 55.3 Å². The Morgan fingerprint density at radius 3 is 2.71 bits per heavy atom. The van der Waals surface area contributed by atoms with Gasteiger partial charge in [0.2, 0.25) is 0 Å². The summed E-state index contributed by atoms with van der Waals surface area (Å²) < 4.78 is 13.6. The van der Waals surface area contributed by atoms with Crippen LogP contribution in [0.2, 0.25) is 0 Å². The van der Waals surface area contributed by atoms with E-state index >= 15 is 0 Å². The Labute approximate surface area is 141 Å². The molecule has 2 N–H and O–H groups in total. The molecule has 3 heterocycles. The predicted molar refractivity (Wildman–Crippen MR) is 93.4 cm³/mol. The molecule has 3 fully saturated rings. The van der Waals surface area contributed by atoms with E-state index in [0.29, 0.717) is 6.61 Å². The first kappa shape index (κ1) is 15.7. The average Bonchev–Trinajstić information content (AvgIpc) is 2.62. The van der Waals surface area contributed by atoms with Crippen LogP contribution in [0.15, 0.2) is 35.3 Å². The van der Waals surface area contributed by atoms with E-state index in [1.807, 2.05) is 24.4 Å². The van der Waals surface area contributed by atoms with Gasteiger partial charge in [0.05, 0.1) is 24.8 Å². The van der Waals surface area contributed by atoms with Gasteiger partial charge in [0.25, 0.3) is 0 Å². The predicted octanol–water partition coefficient (Wildman–Crippen LogP) is 2.44. The Kier molecular flexibility index (Phi) is 3.66. The lowest BCUT2D eigenvalue weighted by atomic mass is 9.70. The molecule has 24 heavy (non-hydrogen) atoms. The van der Waals surface area contributed by atoms with E-state index < -0.39 is 0 Å². The number of ether oxygens (including phenoxy) is 2. The van der Waals surface area contributed by atoms with Crippen LogP contribution in [0.1, 0.15) is 32.1 Å². The zero-order valence-electron chi connectivity index (χ0n) is 14.1. The van der Waals surface area contributed by atoms with Gasteiger partial charge < -0.3 is 19.8 Å². The summed E-state index contributed by atoms with van der Waals surface area (Å²) in [6, 6.07) is 7.24. The second-order valence-electron chi connectivity index (χ2n) is 7.34. The second kappa shape index (κ2) is 5.60. The maximum absolute atomic E-state index is 12.1. The Hall–Kier alpha value is -1.85. The number of fused-ring (bicyclic) bond motifs is 4. The van der Waals surface area contributed by atoms with Crippen molar-refractivity contribution in [1.29, 1.82) is 0 Å². The molecule has 2 aromatic rings. The van der Waals surface area contributed by atoms with E-state index in [1.54, 1.807) is 13.2 Å². The summed E-state index contributed by atoms with van der Waals surface area (Å²) in [6.07, 6.45) is 6.98. The van der Waals surface area contributed by atoms with Crippen LogP contribution in [0.3, 0.4) is 0 Å². The second-order valence-corrected chi connectivity index (χ2v) is 7.34. The van der Waals surface area contributed by atoms with Crippen molar-refractivity contribution in [2.24, 2.45) is 5.73 Å². The highest BCUT2D eigenvalue weighted by molar-refractivity contribution is 5.80. The van der Waals surface area contributed by atoms with Crippen molar-refractivity contribution >= 4 is 10.9 Å². The summed E-state index contributed by atoms with van der Waals surface area (Å²) in [5, 5.41) is 0.727. The van der Waals surface area contributed by atoms with Gasteiger partial charge in [-0.25, -0.2) is 0 Å². The first-order valence-electron chi connectivity index (χ1n) is 8.63. The molecule has 1 aliphatic carbocycles. The van der Waals surface area contributed by atoms with Crippen LogP contribution in [-0.4, -0.2) is 29.4 Å². The number of pyridine rings is 1. The number of hydrogen-bond acceptors (Lipinski definition) is 4. The highest BCUT2D eigenvalue weighted by atomic mass is 16.5. The van der Waals surface area contributed by atoms with Crippen LogP contribution in [0.25, 0.3) is 10.9 Å². The molecule has 1 aromatic heterocycles. The number of hydrogen-bond donors (Lipinski definition) is 1. The Balaban J connectivity index is 1.61. The molecule has 5 nitrogen and oxygen atoms in total. The van der Waals surface area contributed by atoms with Crippen molar-refractivity contribution in [1.82, 2.24) is 4.57 Å². The third kappa shape index (κ3) is 2.62. The zero-order valence-corrected chi connectivity index (χ0v) is 14.1. The van der Waals surface area contributed by atoms with Crippen LogP contribution < -0.4 is 15.9 Å². The summed E-state index contributed by atoms with van der Waals surface area (Å²) in [5.41, 5.74) is 7.12. The lowest BCUT2D eigenvalue weighted by Gasteiger charge is -2.51. The van der Waals surface area contributed by atoms with Gasteiger partial charge in [0.15, 0.2) is 5.43 Å². The van der Waals surface area contributed by atoms with E-state index in [4.69, 9.17) is 15.2 Å². The lowest BCUT2D eigenvalue weighted by Crippen LogP contribution is -2.59. The largest absolute Gasteiger partial charge is 0.497 e. The molecule has 2 bridgehead atoms. The summed E-state index contributed by atoms with van der Waals surface area (Å²) in [6.45, 7) is 1.49. The van der Waals surface area contributed by atoms with Crippen LogP contribution in [0.5, 0.6) is 5.75 Å². The fraction of sp³-hybridized carbons (Fsp3) is 0.526. The third-order valence-corrected chi connectivity index (χ3v) is 5.82. The van der Waals surface area contributed by atoms with E-state index in [-0.39, 0.29) is 16.6 Å². The Morgan fingerprint density at radius 2 is 2.04 bits per heavy atom. The zero-order chi connectivity index (χ0) is 16.8. The molecule has 1 saturated carbocycles. The molecule has 128 valence electrons. The van der Waals surface area contributed by atoms with Crippen molar-refractivity contribution in [3.63, 3.8) is 0 Å².